The van der Waals surface area contributed by atoms with Crippen molar-refractivity contribution in [3.05, 3.63) is 18.1 Å². The molecule has 0 atom stereocenters. The first kappa shape index (κ1) is 13.8. The number of nitrogens with zero attached hydrogens (tertiary/aromatic N) is 2. The molecule has 1 aliphatic carbocycles. The Morgan fingerprint density at radius 3 is 2.84 bits per heavy atom. The van der Waals surface area contributed by atoms with Crippen molar-refractivity contribution in [3.63, 3.8) is 0 Å². The summed E-state index contributed by atoms with van der Waals surface area (Å²) < 4.78 is 0. The molecule has 0 aliphatic heterocycles. The fraction of sp³-hybridized carbons (Fsp3) is 0.643. The van der Waals surface area contributed by atoms with Crippen LogP contribution in [-0.2, 0) is 4.79 Å². The molecule has 1 heterocycles. The van der Waals surface area contributed by atoms with Gasteiger partial charge in [-0.3, -0.25) is 4.79 Å². The Morgan fingerprint density at radius 1 is 1.32 bits per heavy atom. The molecule has 5 heteroatoms. The van der Waals surface area contributed by atoms with Crippen molar-refractivity contribution in [2.45, 2.75) is 51.5 Å². The van der Waals surface area contributed by atoms with Crippen molar-refractivity contribution in [3.8, 4) is 0 Å². The zero-order chi connectivity index (χ0) is 13.5. The number of hydrogen-bond donors (Lipinski definition) is 2. The summed E-state index contributed by atoms with van der Waals surface area (Å²) in [6.07, 6.45) is 8.06. The summed E-state index contributed by atoms with van der Waals surface area (Å²) in [5.74, 6) is 0.906. The molecule has 5 nitrogen and oxygen atoms in total. The fourth-order valence-corrected chi connectivity index (χ4v) is 2.40. The molecule has 1 fully saturated rings. The number of carbonyl (C=O) groups is 1. The minimum atomic E-state index is 0.130. The van der Waals surface area contributed by atoms with Crippen LogP contribution in [0.2, 0.25) is 0 Å². The van der Waals surface area contributed by atoms with Gasteiger partial charge in [-0.15, -0.1) is 0 Å². The van der Waals surface area contributed by atoms with E-state index in [2.05, 4.69) is 20.6 Å². The van der Waals surface area contributed by atoms with E-state index in [1.807, 2.05) is 13.0 Å². The Hall–Kier alpha value is -1.65. The summed E-state index contributed by atoms with van der Waals surface area (Å²) in [7, 11) is 0. The predicted molar refractivity (Wildman–Crippen MR) is 74.9 cm³/mol. The van der Waals surface area contributed by atoms with Crippen molar-refractivity contribution in [1.29, 1.82) is 0 Å². The zero-order valence-electron chi connectivity index (χ0n) is 11.5. The summed E-state index contributed by atoms with van der Waals surface area (Å²) in [4.78, 5) is 19.9. The molecular weight excluding hydrogens is 240 g/mol. The van der Waals surface area contributed by atoms with Gasteiger partial charge in [-0.25, -0.2) is 9.97 Å². The van der Waals surface area contributed by atoms with E-state index in [-0.39, 0.29) is 5.91 Å². The van der Waals surface area contributed by atoms with Crippen LogP contribution in [0.3, 0.4) is 0 Å². The molecule has 104 valence electrons. The Bertz CT molecular complexity index is 416. The largest absolute Gasteiger partial charge is 0.369 e. The smallest absolute Gasteiger partial charge is 0.221 e. The second-order valence-corrected chi connectivity index (χ2v) is 5.12. The van der Waals surface area contributed by atoms with Crippen LogP contribution in [0.1, 0.15) is 44.2 Å². The average Bonchev–Trinajstić information content (AvgIpc) is 2.40. The molecule has 1 saturated carbocycles. The van der Waals surface area contributed by atoms with E-state index >= 15 is 0 Å². The summed E-state index contributed by atoms with van der Waals surface area (Å²) >= 11 is 0. The second-order valence-electron chi connectivity index (χ2n) is 5.12. The third-order valence-electron chi connectivity index (χ3n) is 3.43. The third kappa shape index (κ3) is 4.85. The minimum absolute atomic E-state index is 0.130. The van der Waals surface area contributed by atoms with Crippen molar-refractivity contribution < 1.29 is 4.79 Å². The van der Waals surface area contributed by atoms with Crippen molar-refractivity contribution in [1.82, 2.24) is 15.3 Å². The third-order valence-corrected chi connectivity index (χ3v) is 3.43. The van der Waals surface area contributed by atoms with Gasteiger partial charge in [0.05, 0.1) is 0 Å². The number of carbonyl (C=O) groups excluding carboxylic acids is 1. The van der Waals surface area contributed by atoms with Crippen molar-refractivity contribution >= 4 is 11.7 Å². The molecule has 0 bridgehead atoms. The van der Waals surface area contributed by atoms with Gasteiger partial charge in [0.1, 0.15) is 12.1 Å². The maximum Gasteiger partial charge on any atom is 0.221 e. The van der Waals surface area contributed by atoms with Gasteiger partial charge in [-0.2, -0.15) is 0 Å². The molecule has 0 aromatic carbocycles. The van der Waals surface area contributed by atoms with Gasteiger partial charge in [-0.05, 0) is 19.8 Å². The predicted octanol–water partition coefficient (Wildman–Crippen LogP) is 2.04. The number of aromatic nitrogens is 2. The maximum absolute atomic E-state index is 11.8. The lowest BCUT2D eigenvalue weighted by Crippen LogP contribution is -2.36. The number of anilines is 1. The topological polar surface area (TPSA) is 66.9 Å². The van der Waals surface area contributed by atoms with E-state index in [0.29, 0.717) is 19.0 Å². The summed E-state index contributed by atoms with van der Waals surface area (Å²) in [6, 6.07) is 2.27. The van der Waals surface area contributed by atoms with Gasteiger partial charge in [0.25, 0.3) is 0 Å². The lowest BCUT2D eigenvalue weighted by atomic mass is 9.95. The van der Waals surface area contributed by atoms with E-state index in [0.717, 1.165) is 24.4 Å². The molecule has 2 N–H and O–H groups in total. The highest BCUT2D eigenvalue weighted by Crippen LogP contribution is 2.17. The number of amides is 1. The molecule has 0 unspecified atom stereocenters. The number of rotatable bonds is 5. The van der Waals surface area contributed by atoms with Crippen LogP contribution in [0.15, 0.2) is 12.4 Å². The quantitative estimate of drug-likeness (QED) is 0.852. The van der Waals surface area contributed by atoms with Gasteiger partial charge < -0.3 is 10.6 Å². The molecule has 0 spiro atoms. The molecule has 1 amide bonds. The molecule has 1 aliphatic rings. The Kier molecular flexibility index (Phi) is 5.12. The highest BCUT2D eigenvalue weighted by molar-refractivity contribution is 5.76. The van der Waals surface area contributed by atoms with Gasteiger partial charge in [0, 0.05) is 30.8 Å². The summed E-state index contributed by atoms with van der Waals surface area (Å²) in [5, 5.41) is 6.25. The molecule has 0 radical (unpaired) electrons. The van der Waals surface area contributed by atoms with Crippen LogP contribution in [0.5, 0.6) is 0 Å². The molecule has 19 heavy (non-hydrogen) atoms. The maximum atomic E-state index is 11.8. The first-order chi connectivity index (χ1) is 9.24. The number of aryl methyl sites for hydroxylation is 1. The number of hydrogen-bond acceptors (Lipinski definition) is 4. The zero-order valence-corrected chi connectivity index (χ0v) is 11.5. The van der Waals surface area contributed by atoms with Crippen LogP contribution >= 0.6 is 0 Å². The highest BCUT2D eigenvalue weighted by Gasteiger charge is 2.15. The number of nitrogens with one attached hydrogen (secondary N) is 2. The summed E-state index contributed by atoms with van der Waals surface area (Å²) in [5.41, 5.74) is 0.921. The van der Waals surface area contributed by atoms with Crippen LogP contribution in [0.4, 0.5) is 5.82 Å². The molecule has 2 rings (SSSR count). The van der Waals surface area contributed by atoms with E-state index in [1.54, 1.807) is 0 Å². The normalized spacial score (nSPS) is 16.1. The molecular formula is C14H22N4O. The van der Waals surface area contributed by atoms with Gasteiger partial charge in [0.2, 0.25) is 5.91 Å². The van der Waals surface area contributed by atoms with Gasteiger partial charge >= 0.3 is 0 Å². The van der Waals surface area contributed by atoms with Crippen LogP contribution in [0.25, 0.3) is 0 Å². The Morgan fingerprint density at radius 2 is 2.11 bits per heavy atom. The lowest BCUT2D eigenvalue weighted by Gasteiger charge is -2.22. The van der Waals surface area contributed by atoms with Crippen molar-refractivity contribution in [2.24, 2.45) is 0 Å². The highest BCUT2D eigenvalue weighted by atomic mass is 16.1. The Balaban J connectivity index is 1.66. The van der Waals surface area contributed by atoms with Crippen LogP contribution in [0, 0.1) is 6.92 Å². The van der Waals surface area contributed by atoms with Crippen molar-refractivity contribution in [2.75, 3.05) is 11.9 Å². The average molecular weight is 262 g/mol. The fourth-order valence-electron chi connectivity index (χ4n) is 2.40. The molecule has 1 aromatic rings. The van der Waals surface area contributed by atoms with Crippen LogP contribution < -0.4 is 10.6 Å². The van der Waals surface area contributed by atoms with E-state index in [4.69, 9.17) is 0 Å². The lowest BCUT2D eigenvalue weighted by molar-refractivity contribution is -0.121. The second kappa shape index (κ2) is 7.07. The monoisotopic (exact) mass is 262 g/mol. The first-order valence-corrected chi connectivity index (χ1v) is 7.06. The summed E-state index contributed by atoms with van der Waals surface area (Å²) in [6.45, 7) is 2.53. The van der Waals surface area contributed by atoms with Crippen LogP contribution in [-0.4, -0.2) is 28.5 Å². The van der Waals surface area contributed by atoms with E-state index in [1.165, 1.54) is 25.6 Å². The van der Waals surface area contributed by atoms with E-state index < -0.39 is 0 Å². The van der Waals surface area contributed by atoms with Gasteiger partial charge in [0.15, 0.2) is 0 Å². The first-order valence-electron chi connectivity index (χ1n) is 7.06. The molecule has 0 saturated heterocycles. The standard InChI is InChI=1S/C14H22N4O/c1-11-9-13(17-10-16-11)15-8-7-14(19)18-12-5-3-2-4-6-12/h9-10,12H,2-8H2,1H3,(H,18,19)(H,15,16,17). The van der Waals surface area contributed by atoms with E-state index in [9.17, 15) is 4.79 Å². The Labute approximate surface area is 114 Å². The SMILES string of the molecule is Cc1cc(NCCC(=O)NC2CCCCC2)ncn1. The minimum Gasteiger partial charge on any atom is -0.369 e. The molecule has 1 aromatic heterocycles. The van der Waals surface area contributed by atoms with Gasteiger partial charge in [-0.1, -0.05) is 19.3 Å².